The Labute approximate surface area is 305 Å². The molecule has 13 heteroatoms. The average Bonchev–Trinajstić information content (AvgIpc) is 3.44. The van der Waals surface area contributed by atoms with Crippen LogP contribution in [0.4, 0.5) is 10.5 Å². The van der Waals surface area contributed by atoms with Crippen molar-refractivity contribution in [2.24, 2.45) is 11.8 Å². The number of aromatic nitrogens is 1. The number of sulfonamides is 1. The van der Waals surface area contributed by atoms with Gasteiger partial charge in [-0.05, 0) is 59.7 Å². The van der Waals surface area contributed by atoms with Crippen molar-refractivity contribution >= 4 is 50.2 Å². The summed E-state index contributed by atoms with van der Waals surface area (Å²) in [6, 6.07) is 21.2. The van der Waals surface area contributed by atoms with Crippen molar-refractivity contribution in [3.05, 3.63) is 101 Å². The molecule has 5 rings (SSSR count). The number of anilines is 1. The van der Waals surface area contributed by atoms with Gasteiger partial charge in [0.05, 0.1) is 33.3 Å². The van der Waals surface area contributed by atoms with E-state index in [1.807, 2.05) is 88.4 Å². The molecule has 3 aromatic carbocycles. The zero-order valence-corrected chi connectivity index (χ0v) is 31.0. The third kappa shape index (κ3) is 8.99. The first-order chi connectivity index (χ1) is 24.3. The minimum absolute atomic E-state index is 0.0439. The molecule has 1 fully saturated rings. The fourth-order valence-corrected chi connectivity index (χ4v) is 8.35. The molecule has 51 heavy (non-hydrogen) atoms. The Morgan fingerprint density at radius 1 is 1.00 bits per heavy atom. The molecule has 4 aromatic rings. The van der Waals surface area contributed by atoms with Gasteiger partial charge < -0.3 is 26.0 Å². The Bertz CT molecular complexity index is 1940. The van der Waals surface area contributed by atoms with Crippen LogP contribution >= 0.6 is 11.6 Å². The molecule has 0 saturated carbocycles. The molecular formula is C38H47ClN6O5S. The van der Waals surface area contributed by atoms with E-state index < -0.39 is 34.1 Å². The van der Waals surface area contributed by atoms with Crippen LogP contribution < -0.4 is 11.1 Å². The summed E-state index contributed by atoms with van der Waals surface area (Å²) >= 11 is 6.07. The first kappa shape index (κ1) is 38.0. The van der Waals surface area contributed by atoms with Gasteiger partial charge in [-0.25, -0.2) is 13.2 Å². The second-order valence-electron chi connectivity index (χ2n) is 13.8. The van der Waals surface area contributed by atoms with Gasteiger partial charge in [0.2, 0.25) is 15.9 Å². The molecule has 0 spiro atoms. The fourth-order valence-electron chi connectivity index (χ4n) is 6.57. The van der Waals surface area contributed by atoms with E-state index >= 15 is 0 Å². The number of amides is 3. The van der Waals surface area contributed by atoms with Gasteiger partial charge in [-0.1, -0.05) is 87.8 Å². The molecule has 1 aliphatic rings. The highest BCUT2D eigenvalue weighted by molar-refractivity contribution is 7.89. The number of carbonyl (C=O) groups excluding carboxylic acids is 2. The lowest BCUT2D eigenvalue weighted by Gasteiger charge is -2.34. The number of nitrogens with two attached hydrogens (primary N) is 1. The molecule has 1 aromatic heterocycles. The van der Waals surface area contributed by atoms with E-state index in [2.05, 4.69) is 10.3 Å². The molecule has 4 N–H and O–H groups in total. The van der Waals surface area contributed by atoms with Crippen LogP contribution in [0.5, 0.6) is 0 Å². The number of aliphatic hydroxyl groups is 1. The molecule has 3 atom stereocenters. The predicted octanol–water partition coefficient (Wildman–Crippen LogP) is 5.17. The van der Waals surface area contributed by atoms with Crippen molar-refractivity contribution in [2.75, 3.05) is 31.9 Å². The van der Waals surface area contributed by atoms with Crippen LogP contribution in [0.1, 0.15) is 38.8 Å². The number of carbonyl (C=O) groups is 2. The number of benzene rings is 3. The Kier molecular flexibility index (Phi) is 12.2. The van der Waals surface area contributed by atoms with Crippen molar-refractivity contribution in [1.82, 2.24) is 24.4 Å². The van der Waals surface area contributed by atoms with E-state index in [0.29, 0.717) is 19.6 Å². The quantitative estimate of drug-likeness (QED) is 0.143. The maximum Gasteiger partial charge on any atom is 0.321 e. The molecule has 2 heterocycles. The van der Waals surface area contributed by atoms with Crippen molar-refractivity contribution in [3.8, 4) is 0 Å². The molecule has 3 amide bonds. The molecule has 272 valence electrons. The highest BCUT2D eigenvalue weighted by Gasteiger charge is 2.40. The largest absolute Gasteiger partial charge is 0.397 e. The summed E-state index contributed by atoms with van der Waals surface area (Å²) in [6.45, 7) is 8.54. The summed E-state index contributed by atoms with van der Waals surface area (Å²) in [4.78, 5) is 35.8. The summed E-state index contributed by atoms with van der Waals surface area (Å²) in [5.74, 6) is -0.741. The summed E-state index contributed by atoms with van der Waals surface area (Å²) in [5, 5.41) is 16.0. The number of para-hydroxylation sites is 1. The molecule has 1 saturated heterocycles. The molecule has 0 radical (unpaired) electrons. The summed E-state index contributed by atoms with van der Waals surface area (Å²) in [7, 11) is -4.10. The monoisotopic (exact) mass is 734 g/mol. The predicted molar refractivity (Wildman–Crippen MR) is 200 cm³/mol. The number of fused-ring (bicyclic) bond motifs is 1. The Balaban J connectivity index is 1.37. The third-order valence-corrected chi connectivity index (χ3v) is 11.3. The maximum atomic E-state index is 14.2. The van der Waals surface area contributed by atoms with Gasteiger partial charge in [0.15, 0.2) is 0 Å². The average molecular weight is 735 g/mol. The van der Waals surface area contributed by atoms with Gasteiger partial charge in [0.25, 0.3) is 0 Å². The van der Waals surface area contributed by atoms with Gasteiger partial charge in [0.1, 0.15) is 6.04 Å². The number of rotatable bonds is 15. The van der Waals surface area contributed by atoms with Crippen molar-refractivity contribution < 1.29 is 23.1 Å². The topological polar surface area (TPSA) is 149 Å². The van der Waals surface area contributed by atoms with E-state index in [0.717, 1.165) is 22.0 Å². The lowest BCUT2D eigenvalue weighted by Crippen LogP contribution is -2.57. The second-order valence-corrected chi connectivity index (χ2v) is 16.2. The molecule has 11 nitrogen and oxygen atoms in total. The number of pyridine rings is 1. The standard InChI is InChI=1S/C38H47ClN6O5S/c1-25(2)22-44(51(49,50)29-14-15-31(39)32(40)21-29)24-35(46)34(20-27-10-6-5-7-11-27)42-37(47)36(26(3)4)45-19-18-43(38(45)48)23-28-16-17-41-33-13-9-8-12-30(28)33/h5-17,21,25-26,34-36,46H,18-20,22-24,40H2,1-4H3,(H,42,47)/t34-,35+,36?/m0/s1. The molecule has 0 aliphatic carbocycles. The SMILES string of the molecule is CC(C)CN(C[C@@H](O)[C@H](Cc1ccccc1)NC(=O)C(C(C)C)N1CCN(Cc2ccnc3ccccc23)C1=O)S(=O)(=O)c1ccc(Cl)c(N)c1. The fraction of sp³-hybridized carbons (Fsp3) is 0.395. The molecule has 1 unspecified atom stereocenters. The van der Waals surface area contributed by atoms with E-state index in [-0.39, 0.29) is 53.0 Å². The third-order valence-electron chi connectivity index (χ3n) is 9.12. The highest BCUT2D eigenvalue weighted by atomic mass is 35.5. The highest BCUT2D eigenvalue weighted by Crippen LogP contribution is 2.27. The first-order valence-corrected chi connectivity index (χ1v) is 19.0. The van der Waals surface area contributed by atoms with Crippen LogP contribution in [0.15, 0.2) is 90.0 Å². The van der Waals surface area contributed by atoms with Crippen LogP contribution in [-0.2, 0) is 27.8 Å². The van der Waals surface area contributed by atoms with Gasteiger partial charge in [-0.3, -0.25) is 9.78 Å². The number of nitrogens with zero attached hydrogens (tertiary/aromatic N) is 4. The zero-order chi connectivity index (χ0) is 36.9. The van der Waals surface area contributed by atoms with E-state index in [1.54, 1.807) is 16.0 Å². The van der Waals surface area contributed by atoms with E-state index in [4.69, 9.17) is 17.3 Å². The number of nitrogen functional groups attached to an aromatic ring is 1. The molecule has 1 aliphatic heterocycles. The normalized spacial score (nSPS) is 15.6. The number of halogens is 1. The lowest BCUT2D eigenvalue weighted by molar-refractivity contribution is -0.128. The van der Waals surface area contributed by atoms with Crippen LogP contribution in [0.2, 0.25) is 5.02 Å². The van der Waals surface area contributed by atoms with E-state index in [9.17, 15) is 23.1 Å². The minimum atomic E-state index is -4.10. The number of aliphatic hydroxyl groups excluding tert-OH is 1. The summed E-state index contributed by atoms with van der Waals surface area (Å²) in [5.41, 5.74) is 8.73. The number of nitrogens with one attached hydrogen (secondary N) is 1. The van der Waals surface area contributed by atoms with Gasteiger partial charge in [-0.2, -0.15) is 4.31 Å². The minimum Gasteiger partial charge on any atom is -0.397 e. The molecule has 0 bridgehead atoms. The summed E-state index contributed by atoms with van der Waals surface area (Å²) in [6.07, 6.45) is 0.666. The smallest absolute Gasteiger partial charge is 0.321 e. The van der Waals surface area contributed by atoms with Gasteiger partial charge in [0, 0.05) is 44.3 Å². The van der Waals surface area contributed by atoms with Crippen LogP contribution in [0.25, 0.3) is 10.9 Å². The number of hydrogen-bond donors (Lipinski definition) is 3. The van der Waals surface area contributed by atoms with Crippen molar-refractivity contribution in [1.29, 1.82) is 0 Å². The van der Waals surface area contributed by atoms with Crippen molar-refractivity contribution in [2.45, 2.75) is 63.7 Å². The van der Waals surface area contributed by atoms with Gasteiger partial charge in [-0.15, -0.1) is 0 Å². The number of hydrogen-bond acceptors (Lipinski definition) is 7. The zero-order valence-electron chi connectivity index (χ0n) is 29.4. The Hall–Kier alpha value is -4.23. The second kappa shape index (κ2) is 16.4. The van der Waals surface area contributed by atoms with Crippen LogP contribution in [0.3, 0.4) is 0 Å². The number of urea groups is 1. The maximum absolute atomic E-state index is 14.2. The van der Waals surface area contributed by atoms with E-state index in [1.165, 1.54) is 22.5 Å². The lowest BCUT2D eigenvalue weighted by atomic mass is 9.97. The van der Waals surface area contributed by atoms with Gasteiger partial charge >= 0.3 is 6.03 Å². The summed E-state index contributed by atoms with van der Waals surface area (Å²) < 4.78 is 29.0. The molecular weight excluding hydrogens is 688 g/mol. The first-order valence-electron chi connectivity index (χ1n) is 17.2. The Morgan fingerprint density at radius 2 is 1.71 bits per heavy atom. The Morgan fingerprint density at radius 3 is 2.39 bits per heavy atom. The van der Waals surface area contributed by atoms with Crippen LogP contribution in [0, 0.1) is 11.8 Å². The van der Waals surface area contributed by atoms with Crippen molar-refractivity contribution in [3.63, 3.8) is 0 Å². The van der Waals surface area contributed by atoms with Crippen LogP contribution in [-0.4, -0.2) is 88.9 Å².